The van der Waals surface area contributed by atoms with Crippen molar-refractivity contribution in [3.8, 4) is 5.75 Å². The van der Waals surface area contributed by atoms with Crippen LogP contribution in [0.5, 0.6) is 5.75 Å². The van der Waals surface area contributed by atoms with Gasteiger partial charge >= 0.3 is 0 Å². The molecule has 21 heavy (non-hydrogen) atoms. The fraction of sp³-hybridized carbons (Fsp3) is 0.438. The van der Waals surface area contributed by atoms with Gasteiger partial charge in [-0.05, 0) is 26.1 Å². The lowest BCUT2D eigenvalue weighted by molar-refractivity contribution is 0.119. The predicted octanol–water partition coefficient (Wildman–Crippen LogP) is 1.90. The molecule has 5 heteroatoms. The van der Waals surface area contributed by atoms with E-state index in [4.69, 9.17) is 4.74 Å². The minimum atomic E-state index is -0.592. The number of aliphatic hydroxyl groups is 1. The number of rotatable bonds is 6. The van der Waals surface area contributed by atoms with E-state index in [1.807, 2.05) is 50.0 Å². The minimum absolute atomic E-state index is 0.521. The number of aliphatic hydroxyl groups excluding tert-OH is 1. The van der Waals surface area contributed by atoms with E-state index in [0.29, 0.717) is 13.1 Å². The maximum atomic E-state index is 10.5. The normalized spacial score (nSPS) is 12.7. The van der Waals surface area contributed by atoms with E-state index in [9.17, 15) is 5.11 Å². The predicted molar refractivity (Wildman–Crippen MR) is 82.2 cm³/mol. The van der Waals surface area contributed by atoms with Crippen LogP contribution in [0.3, 0.4) is 0 Å². The molecule has 1 aromatic carbocycles. The average molecular weight is 289 g/mol. The molecule has 0 fully saturated rings. The molecule has 0 bridgehead atoms. The Balaban J connectivity index is 2.05. The molecule has 5 nitrogen and oxygen atoms in total. The molecule has 0 aliphatic carbocycles. The van der Waals surface area contributed by atoms with Gasteiger partial charge in [0.05, 0.1) is 19.8 Å². The second-order valence-electron chi connectivity index (χ2n) is 5.41. The van der Waals surface area contributed by atoms with E-state index in [1.54, 1.807) is 13.3 Å². The number of hydrogen-bond donors (Lipinski definition) is 1. The van der Waals surface area contributed by atoms with Gasteiger partial charge in [0, 0.05) is 31.5 Å². The fourth-order valence-electron chi connectivity index (χ4n) is 2.36. The smallest absolute Gasteiger partial charge is 0.124 e. The van der Waals surface area contributed by atoms with Crippen molar-refractivity contribution in [2.24, 2.45) is 7.05 Å². The summed E-state index contributed by atoms with van der Waals surface area (Å²) in [5.41, 5.74) is 1.93. The van der Waals surface area contributed by atoms with Crippen molar-refractivity contribution in [2.75, 3.05) is 20.7 Å². The summed E-state index contributed by atoms with van der Waals surface area (Å²) in [5.74, 6) is 1.69. The van der Waals surface area contributed by atoms with Crippen LogP contribution in [0.1, 0.15) is 23.1 Å². The molecule has 2 rings (SSSR count). The number of methoxy groups -OCH3 is 1. The van der Waals surface area contributed by atoms with Crippen LogP contribution in [0.2, 0.25) is 0 Å². The first kappa shape index (κ1) is 15.5. The Morgan fingerprint density at radius 2 is 2.19 bits per heavy atom. The number of likely N-dealkylation sites (N-methyl/N-ethyl adjacent to an activating group) is 1. The van der Waals surface area contributed by atoms with Crippen LogP contribution in [-0.4, -0.2) is 40.3 Å². The summed E-state index contributed by atoms with van der Waals surface area (Å²) in [4.78, 5) is 6.35. The lowest BCUT2D eigenvalue weighted by Crippen LogP contribution is -2.25. The van der Waals surface area contributed by atoms with E-state index >= 15 is 0 Å². The maximum absolute atomic E-state index is 10.5. The third-order valence-corrected chi connectivity index (χ3v) is 3.56. The van der Waals surface area contributed by atoms with E-state index in [-0.39, 0.29) is 0 Å². The van der Waals surface area contributed by atoms with Gasteiger partial charge in [-0.2, -0.15) is 0 Å². The Hall–Kier alpha value is -1.85. The molecular formula is C16H23N3O2. The Morgan fingerprint density at radius 1 is 1.43 bits per heavy atom. The number of benzene rings is 1. The van der Waals surface area contributed by atoms with Crippen LogP contribution in [0.25, 0.3) is 0 Å². The molecule has 2 aromatic rings. The van der Waals surface area contributed by atoms with E-state index < -0.39 is 6.10 Å². The Bertz CT molecular complexity index is 595. The first-order valence-electron chi connectivity index (χ1n) is 6.98. The highest BCUT2D eigenvalue weighted by Gasteiger charge is 2.16. The van der Waals surface area contributed by atoms with Gasteiger partial charge in [-0.15, -0.1) is 0 Å². The van der Waals surface area contributed by atoms with E-state index in [0.717, 1.165) is 22.7 Å². The Kier molecular flexibility index (Phi) is 4.98. The number of ether oxygens (including phenoxy) is 1. The third kappa shape index (κ3) is 3.83. The minimum Gasteiger partial charge on any atom is -0.496 e. The zero-order chi connectivity index (χ0) is 15.4. The molecule has 114 valence electrons. The van der Waals surface area contributed by atoms with Gasteiger partial charge in [0.15, 0.2) is 0 Å². The van der Waals surface area contributed by atoms with Crippen LogP contribution in [0.15, 0.2) is 30.6 Å². The zero-order valence-corrected chi connectivity index (χ0v) is 13.1. The Morgan fingerprint density at radius 3 is 2.81 bits per heavy atom. The molecule has 0 amide bonds. The topological polar surface area (TPSA) is 50.5 Å². The molecule has 0 saturated heterocycles. The number of nitrogens with zero attached hydrogens (tertiary/aromatic N) is 3. The van der Waals surface area contributed by atoms with Crippen molar-refractivity contribution in [1.82, 2.24) is 14.5 Å². The van der Waals surface area contributed by atoms with Crippen LogP contribution in [0, 0.1) is 6.92 Å². The van der Waals surface area contributed by atoms with Crippen LogP contribution < -0.4 is 4.74 Å². The molecule has 0 spiro atoms. The molecule has 0 radical (unpaired) electrons. The van der Waals surface area contributed by atoms with Gasteiger partial charge in [-0.3, -0.25) is 4.90 Å². The van der Waals surface area contributed by atoms with Crippen molar-refractivity contribution in [3.63, 3.8) is 0 Å². The van der Waals surface area contributed by atoms with Crippen molar-refractivity contribution in [3.05, 3.63) is 47.5 Å². The van der Waals surface area contributed by atoms with Crippen LogP contribution >= 0.6 is 0 Å². The van der Waals surface area contributed by atoms with Gasteiger partial charge in [-0.25, -0.2) is 4.98 Å². The lowest BCUT2D eigenvalue weighted by Gasteiger charge is -2.22. The molecular weight excluding hydrogens is 266 g/mol. The van der Waals surface area contributed by atoms with E-state index in [2.05, 4.69) is 9.88 Å². The second-order valence-corrected chi connectivity index (χ2v) is 5.41. The molecule has 1 atom stereocenters. The first-order chi connectivity index (χ1) is 10.0. The molecule has 0 saturated carbocycles. The van der Waals surface area contributed by atoms with Crippen LogP contribution in [0.4, 0.5) is 0 Å². The van der Waals surface area contributed by atoms with Crippen LogP contribution in [-0.2, 0) is 13.6 Å². The van der Waals surface area contributed by atoms with Crippen molar-refractivity contribution in [2.45, 2.75) is 19.6 Å². The van der Waals surface area contributed by atoms with Crippen molar-refractivity contribution < 1.29 is 9.84 Å². The van der Waals surface area contributed by atoms with Gasteiger partial charge < -0.3 is 14.4 Å². The fourth-order valence-corrected chi connectivity index (χ4v) is 2.36. The van der Waals surface area contributed by atoms with Gasteiger partial charge in [-0.1, -0.05) is 11.6 Å². The quantitative estimate of drug-likeness (QED) is 0.882. The molecule has 0 aliphatic rings. The van der Waals surface area contributed by atoms with Crippen molar-refractivity contribution in [1.29, 1.82) is 0 Å². The number of aromatic nitrogens is 2. The summed E-state index contributed by atoms with van der Waals surface area (Å²) in [6.07, 6.45) is 3.11. The SMILES string of the molecule is COc1ccc(C)cc1C(O)CN(C)Cc1nccn1C. The van der Waals surface area contributed by atoms with Crippen molar-refractivity contribution >= 4 is 0 Å². The largest absolute Gasteiger partial charge is 0.496 e. The summed E-state index contributed by atoms with van der Waals surface area (Å²) in [5, 5.41) is 10.5. The summed E-state index contributed by atoms with van der Waals surface area (Å²) >= 11 is 0. The molecule has 0 aliphatic heterocycles. The zero-order valence-electron chi connectivity index (χ0n) is 13.1. The number of hydrogen-bond acceptors (Lipinski definition) is 4. The third-order valence-electron chi connectivity index (χ3n) is 3.56. The summed E-state index contributed by atoms with van der Waals surface area (Å²) < 4.78 is 7.32. The highest BCUT2D eigenvalue weighted by atomic mass is 16.5. The second kappa shape index (κ2) is 6.74. The van der Waals surface area contributed by atoms with Gasteiger partial charge in [0.25, 0.3) is 0 Å². The highest BCUT2D eigenvalue weighted by molar-refractivity contribution is 5.38. The summed E-state index contributed by atoms with van der Waals surface area (Å²) in [6, 6.07) is 5.84. The number of imidazole rings is 1. The van der Waals surface area contributed by atoms with Gasteiger partial charge in [0.1, 0.15) is 11.6 Å². The highest BCUT2D eigenvalue weighted by Crippen LogP contribution is 2.26. The Labute approximate surface area is 125 Å². The maximum Gasteiger partial charge on any atom is 0.124 e. The monoisotopic (exact) mass is 289 g/mol. The molecule has 1 unspecified atom stereocenters. The lowest BCUT2D eigenvalue weighted by atomic mass is 10.0. The molecule has 1 heterocycles. The average Bonchev–Trinajstić information content (AvgIpc) is 2.84. The molecule has 1 aromatic heterocycles. The summed E-state index contributed by atoms with van der Waals surface area (Å²) in [7, 11) is 5.56. The number of aryl methyl sites for hydroxylation is 2. The van der Waals surface area contributed by atoms with E-state index in [1.165, 1.54) is 0 Å². The van der Waals surface area contributed by atoms with Gasteiger partial charge in [0.2, 0.25) is 0 Å². The summed E-state index contributed by atoms with van der Waals surface area (Å²) in [6.45, 7) is 3.22. The molecule has 1 N–H and O–H groups in total. The first-order valence-corrected chi connectivity index (χ1v) is 6.98. The standard InChI is InChI=1S/C16H23N3O2/c1-12-5-6-15(21-4)13(9-12)14(20)10-18(2)11-16-17-7-8-19(16)3/h5-9,14,20H,10-11H2,1-4H3.